The van der Waals surface area contributed by atoms with Crippen molar-refractivity contribution in [3.63, 3.8) is 0 Å². The number of halogens is 2. The van der Waals surface area contributed by atoms with E-state index in [1.54, 1.807) is 24.3 Å². The van der Waals surface area contributed by atoms with Gasteiger partial charge in [0, 0.05) is 10.6 Å². The number of benzene rings is 2. The molecule has 0 fully saturated rings. The summed E-state index contributed by atoms with van der Waals surface area (Å²) >= 11 is 5.76. The second kappa shape index (κ2) is 6.95. The van der Waals surface area contributed by atoms with Crippen LogP contribution in [0.15, 0.2) is 42.5 Å². The van der Waals surface area contributed by atoms with Crippen molar-refractivity contribution in [2.45, 2.75) is 6.61 Å². The van der Waals surface area contributed by atoms with Gasteiger partial charge < -0.3 is 9.84 Å². The Kier molecular flexibility index (Phi) is 5.00. The predicted octanol–water partition coefficient (Wildman–Crippen LogP) is 3.40. The molecule has 0 radical (unpaired) electrons. The van der Waals surface area contributed by atoms with E-state index < -0.39 is 5.82 Å². The normalized spacial score (nSPS) is 9.75. The standard InChI is InChI=1S/C16H12ClFO2/c17-14-4-7-16(8-5-14)20-9-1-2-12-3-6-15(18)10-13(12)11-19/h3-8,10,19H,9,11H2. The topological polar surface area (TPSA) is 29.5 Å². The molecule has 1 N–H and O–H groups in total. The van der Waals surface area contributed by atoms with Crippen LogP contribution in [0.2, 0.25) is 5.02 Å². The van der Waals surface area contributed by atoms with Gasteiger partial charge in [0.1, 0.15) is 18.2 Å². The lowest BCUT2D eigenvalue weighted by Crippen LogP contribution is -1.95. The van der Waals surface area contributed by atoms with Gasteiger partial charge in [-0.1, -0.05) is 23.4 Å². The van der Waals surface area contributed by atoms with Gasteiger partial charge in [-0.15, -0.1) is 0 Å². The molecule has 0 aliphatic carbocycles. The molecule has 0 aliphatic heterocycles. The lowest BCUT2D eigenvalue weighted by Gasteiger charge is -2.02. The second-order valence-corrected chi connectivity index (χ2v) is 4.44. The monoisotopic (exact) mass is 290 g/mol. The summed E-state index contributed by atoms with van der Waals surface area (Å²) in [6.07, 6.45) is 0. The zero-order valence-electron chi connectivity index (χ0n) is 10.6. The Balaban J connectivity index is 1.99. The van der Waals surface area contributed by atoms with Gasteiger partial charge in [-0.25, -0.2) is 4.39 Å². The number of hydrogen-bond donors (Lipinski definition) is 1. The van der Waals surface area contributed by atoms with Crippen LogP contribution in [0.5, 0.6) is 5.75 Å². The third kappa shape index (κ3) is 3.99. The fourth-order valence-corrected chi connectivity index (χ4v) is 1.72. The summed E-state index contributed by atoms with van der Waals surface area (Å²) in [5.74, 6) is 5.95. The highest BCUT2D eigenvalue weighted by molar-refractivity contribution is 6.30. The summed E-state index contributed by atoms with van der Waals surface area (Å²) in [4.78, 5) is 0. The van der Waals surface area contributed by atoms with Crippen LogP contribution in [0.1, 0.15) is 11.1 Å². The molecule has 2 rings (SSSR count). The largest absolute Gasteiger partial charge is 0.481 e. The van der Waals surface area contributed by atoms with Crippen LogP contribution in [-0.2, 0) is 6.61 Å². The molecule has 0 heterocycles. The van der Waals surface area contributed by atoms with Crippen LogP contribution in [0.4, 0.5) is 4.39 Å². The van der Waals surface area contributed by atoms with Gasteiger partial charge in [0.05, 0.1) is 6.61 Å². The molecule has 0 spiro atoms. The Morgan fingerprint density at radius 2 is 1.90 bits per heavy atom. The molecular formula is C16H12ClFO2. The molecule has 4 heteroatoms. The Morgan fingerprint density at radius 3 is 2.60 bits per heavy atom. The van der Waals surface area contributed by atoms with Crippen molar-refractivity contribution in [3.8, 4) is 17.6 Å². The maximum atomic E-state index is 13.0. The SMILES string of the molecule is OCc1cc(F)ccc1C#CCOc1ccc(Cl)cc1. The summed E-state index contributed by atoms with van der Waals surface area (Å²) in [5, 5.41) is 9.77. The van der Waals surface area contributed by atoms with Gasteiger partial charge >= 0.3 is 0 Å². The molecule has 0 unspecified atom stereocenters. The smallest absolute Gasteiger partial charge is 0.149 e. The van der Waals surface area contributed by atoms with E-state index >= 15 is 0 Å². The molecule has 20 heavy (non-hydrogen) atoms. The van der Waals surface area contributed by atoms with Crippen molar-refractivity contribution in [1.29, 1.82) is 0 Å². The van der Waals surface area contributed by atoms with E-state index in [4.69, 9.17) is 21.4 Å². The first-order valence-electron chi connectivity index (χ1n) is 5.95. The molecule has 0 saturated heterocycles. The van der Waals surface area contributed by atoms with Gasteiger partial charge in [-0.2, -0.15) is 0 Å². The quantitative estimate of drug-likeness (QED) is 0.878. The highest BCUT2D eigenvalue weighted by Gasteiger charge is 2.00. The van der Waals surface area contributed by atoms with Crippen LogP contribution in [0, 0.1) is 17.7 Å². The first kappa shape index (κ1) is 14.4. The fraction of sp³-hybridized carbons (Fsp3) is 0.125. The van der Waals surface area contributed by atoms with Crippen LogP contribution < -0.4 is 4.74 Å². The first-order valence-corrected chi connectivity index (χ1v) is 6.33. The van der Waals surface area contributed by atoms with Gasteiger partial charge in [-0.3, -0.25) is 0 Å². The van der Waals surface area contributed by atoms with Crippen molar-refractivity contribution in [3.05, 3.63) is 64.4 Å². The summed E-state index contributed by atoms with van der Waals surface area (Å²) in [7, 11) is 0. The van der Waals surface area contributed by atoms with Crippen molar-refractivity contribution < 1.29 is 14.2 Å². The first-order chi connectivity index (χ1) is 9.69. The molecule has 0 amide bonds. The molecule has 2 nitrogen and oxygen atoms in total. The second-order valence-electron chi connectivity index (χ2n) is 4.00. The number of ether oxygens (including phenoxy) is 1. The minimum atomic E-state index is -0.392. The minimum Gasteiger partial charge on any atom is -0.481 e. The van der Waals surface area contributed by atoms with Gasteiger partial charge in [0.15, 0.2) is 0 Å². The summed E-state index contributed by atoms with van der Waals surface area (Å²) in [6, 6.07) is 11.1. The number of rotatable bonds is 3. The van der Waals surface area contributed by atoms with Crippen LogP contribution in [-0.4, -0.2) is 11.7 Å². The average molecular weight is 291 g/mol. The number of aliphatic hydroxyl groups excluding tert-OH is 1. The van der Waals surface area contributed by atoms with E-state index in [1.165, 1.54) is 18.2 Å². The number of aliphatic hydroxyl groups is 1. The van der Waals surface area contributed by atoms with Crippen LogP contribution in [0.3, 0.4) is 0 Å². The minimum absolute atomic E-state index is 0.198. The lowest BCUT2D eigenvalue weighted by molar-refractivity contribution is 0.281. The van der Waals surface area contributed by atoms with Crippen molar-refractivity contribution in [2.75, 3.05) is 6.61 Å². The lowest BCUT2D eigenvalue weighted by atomic mass is 10.1. The van der Waals surface area contributed by atoms with Gasteiger partial charge in [0.25, 0.3) is 0 Å². The molecule has 0 aliphatic rings. The fourth-order valence-electron chi connectivity index (χ4n) is 1.60. The molecular weight excluding hydrogens is 279 g/mol. The maximum Gasteiger partial charge on any atom is 0.149 e. The van der Waals surface area contributed by atoms with E-state index in [2.05, 4.69) is 11.8 Å². The summed E-state index contributed by atoms with van der Waals surface area (Å²) in [5.41, 5.74) is 1.05. The molecule has 0 saturated carbocycles. The maximum absolute atomic E-state index is 13.0. The molecule has 102 valence electrons. The van der Waals surface area contributed by atoms with Crippen molar-refractivity contribution in [2.24, 2.45) is 0 Å². The highest BCUT2D eigenvalue weighted by Crippen LogP contribution is 2.15. The van der Waals surface area contributed by atoms with Crippen LogP contribution >= 0.6 is 11.6 Å². The van der Waals surface area contributed by atoms with Crippen LogP contribution in [0.25, 0.3) is 0 Å². The molecule has 0 atom stereocenters. The Bertz CT molecular complexity index is 642. The zero-order chi connectivity index (χ0) is 14.4. The average Bonchev–Trinajstić information content (AvgIpc) is 2.46. The molecule has 0 bridgehead atoms. The van der Waals surface area contributed by atoms with E-state index in [1.807, 2.05) is 0 Å². The van der Waals surface area contributed by atoms with E-state index in [9.17, 15) is 4.39 Å². The molecule has 2 aromatic carbocycles. The number of hydrogen-bond acceptors (Lipinski definition) is 2. The Morgan fingerprint density at radius 1 is 1.15 bits per heavy atom. The van der Waals surface area contributed by atoms with Crippen molar-refractivity contribution >= 4 is 11.6 Å². The van der Waals surface area contributed by atoms with Gasteiger partial charge in [-0.05, 0) is 48.0 Å². The van der Waals surface area contributed by atoms with E-state index in [0.29, 0.717) is 21.9 Å². The van der Waals surface area contributed by atoms with Crippen molar-refractivity contribution in [1.82, 2.24) is 0 Å². The third-order valence-electron chi connectivity index (χ3n) is 2.59. The summed E-state index contributed by atoms with van der Waals surface area (Å²) in [6.45, 7) is -0.0519. The Labute approximate surface area is 121 Å². The predicted molar refractivity (Wildman–Crippen MR) is 76.1 cm³/mol. The Hall–Kier alpha value is -2.02. The summed E-state index contributed by atoms with van der Waals surface area (Å²) < 4.78 is 18.4. The third-order valence-corrected chi connectivity index (χ3v) is 2.84. The highest BCUT2D eigenvalue weighted by atomic mass is 35.5. The van der Waals surface area contributed by atoms with E-state index in [-0.39, 0.29) is 13.2 Å². The molecule has 0 aromatic heterocycles. The molecule has 2 aromatic rings. The zero-order valence-corrected chi connectivity index (χ0v) is 11.3. The van der Waals surface area contributed by atoms with E-state index in [0.717, 1.165) is 0 Å². The van der Waals surface area contributed by atoms with Gasteiger partial charge in [0.2, 0.25) is 0 Å².